The predicted molar refractivity (Wildman–Crippen MR) is 107 cm³/mol. The number of nitrogens with one attached hydrogen (secondary N) is 2. The van der Waals surface area contributed by atoms with Gasteiger partial charge in [0.2, 0.25) is 0 Å². The number of fused-ring (bicyclic) bond motifs is 1. The zero-order valence-electron chi connectivity index (χ0n) is 16.6. The Morgan fingerprint density at radius 1 is 1.10 bits per heavy atom. The first-order chi connectivity index (χ1) is 14.3. The number of methoxy groups -OCH3 is 1. The number of nitrogens with zero attached hydrogens (tertiary/aromatic N) is 1. The average Bonchev–Trinajstić information content (AvgIpc) is 2.75. The lowest BCUT2D eigenvalue weighted by Crippen LogP contribution is -3.13. The number of aromatic amines is 1. The summed E-state index contributed by atoms with van der Waals surface area (Å²) in [5.41, 5.74) is 0.202. The molecule has 1 saturated heterocycles. The number of phenols is 1. The number of anilines is 1. The Bertz CT molecular complexity index is 1030. The molecule has 2 heterocycles. The molecular weight excluding hydrogens is 395 g/mol. The molecule has 3 aromatic rings. The number of H-pyrrole nitrogens is 1. The summed E-state index contributed by atoms with van der Waals surface area (Å²) in [6.07, 6.45) is -3.34. The van der Waals surface area contributed by atoms with Gasteiger partial charge in [-0.05, 0) is 35.0 Å². The molecule has 4 rings (SSSR count). The van der Waals surface area contributed by atoms with Crippen molar-refractivity contribution >= 4 is 16.6 Å². The van der Waals surface area contributed by atoms with E-state index in [1.807, 2.05) is 24.3 Å². The maximum atomic E-state index is 12.7. The van der Waals surface area contributed by atoms with Gasteiger partial charge in [0.15, 0.2) is 0 Å². The van der Waals surface area contributed by atoms with Crippen molar-refractivity contribution in [2.75, 3.05) is 38.2 Å². The number of ether oxygens (including phenoxy) is 1. The highest BCUT2D eigenvalue weighted by Crippen LogP contribution is 2.30. The van der Waals surface area contributed by atoms with E-state index in [9.17, 15) is 18.3 Å². The highest BCUT2D eigenvalue weighted by atomic mass is 19.4. The fraction of sp³-hybridized carbons (Fsp3) is 0.318. The van der Waals surface area contributed by atoms with Gasteiger partial charge in [-0.15, -0.1) is 0 Å². The summed E-state index contributed by atoms with van der Waals surface area (Å²) < 4.78 is 43.6. The molecule has 5 nitrogen and oxygen atoms in total. The molecule has 1 fully saturated rings. The lowest BCUT2D eigenvalue weighted by molar-refractivity contribution is -0.914. The first kappa shape index (κ1) is 20.3. The minimum atomic E-state index is -4.35. The van der Waals surface area contributed by atoms with Crippen molar-refractivity contribution in [3.63, 3.8) is 0 Å². The van der Waals surface area contributed by atoms with Crippen molar-refractivity contribution in [1.29, 1.82) is 0 Å². The summed E-state index contributed by atoms with van der Waals surface area (Å²) in [4.78, 5) is 6.13. The maximum Gasteiger partial charge on any atom is 0.419 e. The number of hydrogen-bond donors (Lipinski definition) is 2. The summed E-state index contributed by atoms with van der Waals surface area (Å²) in [6.45, 7) is 3.72. The third kappa shape index (κ3) is 4.14. The zero-order valence-corrected chi connectivity index (χ0v) is 16.6. The summed E-state index contributed by atoms with van der Waals surface area (Å²) in [5.74, 6) is 1.69. The lowest BCUT2D eigenvalue weighted by atomic mass is 10.0. The summed E-state index contributed by atoms with van der Waals surface area (Å²) in [5, 5.41) is 12.5. The normalized spacial score (nSPS) is 15.5. The molecule has 0 spiro atoms. The lowest BCUT2D eigenvalue weighted by Gasteiger charge is -2.29. The number of halogens is 3. The van der Waals surface area contributed by atoms with E-state index < -0.39 is 11.7 Å². The van der Waals surface area contributed by atoms with Gasteiger partial charge in [0.25, 0.3) is 5.82 Å². The van der Waals surface area contributed by atoms with E-state index in [2.05, 4.69) is 9.88 Å². The number of phenolic OH excluding ortho intramolecular Hbond substituents is 1. The van der Waals surface area contributed by atoms with Gasteiger partial charge in [-0.1, -0.05) is 12.1 Å². The van der Waals surface area contributed by atoms with Crippen LogP contribution in [-0.4, -0.2) is 38.4 Å². The second-order valence-corrected chi connectivity index (χ2v) is 7.52. The third-order valence-corrected chi connectivity index (χ3v) is 5.68. The molecule has 3 N–H and O–H groups in total. The van der Waals surface area contributed by atoms with Gasteiger partial charge < -0.3 is 14.7 Å². The van der Waals surface area contributed by atoms with E-state index in [0.717, 1.165) is 47.4 Å². The van der Waals surface area contributed by atoms with Gasteiger partial charge in [0.05, 0.1) is 18.2 Å². The number of benzene rings is 2. The highest BCUT2D eigenvalue weighted by molar-refractivity contribution is 5.88. The molecule has 1 aliphatic rings. The van der Waals surface area contributed by atoms with Gasteiger partial charge in [0, 0.05) is 6.07 Å². The van der Waals surface area contributed by atoms with Gasteiger partial charge in [0.1, 0.15) is 50.4 Å². The van der Waals surface area contributed by atoms with E-state index in [1.165, 1.54) is 11.0 Å². The second kappa shape index (κ2) is 8.02. The van der Waals surface area contributed by atoms with Crippen molar-refractivity contribution in [1.82, 2.24) is 0 Å². The van der Waals surface area contributed by atoms with E-state index in [0.29, 0.717) is 25.5 Å². The van der Waals surface area contributed by atoms with Gasteiger partial charge in [-0.3, -0.25) is 4.90 Å². The fourth-order valence-electron chi connectivity index (χ4n) is 3.94. The van der Waals surface area contributed by atoms with Gasteiger partial charge in [-0.25, -0.2) is 4.98 Å². The zero-order chi connectivity index (χ0) is 21.3. The number of rotatable bonds is 4. The first-order valence-electron chi connectivity index (χ1n) is 9.81. The van der Waals surface area contributed by atoms with E-state index in [-0.39, 0.29) is 5.75 Å². The van der Waals surface area contributed by atoms with Crippen molar-refractivity contribution in [3.8, 4) is 11.5 Å². The Hall–Kier alpha value is -3.00. The largest absolute Gasteiger partial charge is 0.507 e. The Morgan fingerprint density at radius 3 is 2.47 bits per heavy atom. The Morgan fingerprint density at radius 2 is 1.83 bits per heavy atom. The van der Waals surface area contributed by atoms with Crippen LogP contribution in [-0.2, 0) is 12.7 Å². The number of aromatic nitrogens is 1. The number of pyridine rings is 1. The molecule has 0 atom stereocenters. The number of aromatic hydroxyl groups is 1. The molecule has 30 heavy (non-hydrogen) atoms. The standard InChI is InChI=1S/C22H22F3N3O2/c1-30-17-5-2-15-3-6-20(29)19(18(15)12-17)14-27-8-10-28(11-9-27)21-7-4-16(13-26-21)22(23,24)25/h2-7,12-13,29H,8-11,14H2,1H3/p+2. The van der Waals surface area contributed by atoms with Crippen LogP contribution in [0.4, 0.5) is 19.0 Å². The van der Waals surface area contributed by atoms with E-state index in [4.69, 9.17) is 4.74 Å². The Labute approximate surface area is 172 Å². The molecular formula is C22H24F3N3O2+2. The SMILES string of the molecule is COc1ccc2ccc(O)c(C[NH+]3CCN(c4ccc(C(F)(F)F)c[nH+]4)CC3)c2c1. The van der Waals surface area contributed by atoms with Crippen LogP contribution >= 0.6 is 0 Å². The van der Waals surface area contributed by atoms with Gasteiger partial charge >= 0.3 is 6.18 Å². The molecule has 0 aliphatic carbocycles. The van der Waals surface area contributed by atoms with Crippen LogP contribution in [0.15, 0.2) is 48.7 Å². The van der Waals surface area contributed by atoms with Crippen LogP contribution < -0.4 is 19.5 Å². The topological polar surface area (TPSA) is 51.3 Å². The molecule has 8 heteroatoms. The molecule has 1 aromatic heterocycles. The smallest absolute Gasteiger partial charge is 0.419 e. The number of hydrogen-bond acceptors (Lipinski definition) is 3. The van der Waals surface area contributed by atoms with Crippen molar-refractivity contribution in [3.05, 3.63) is 59.8 Å². The van der Waals surface area contributed by atoms with Crippen LogP contribution in [0.3, 0.4) is 0 Å². The molecule has 2 aromatic carbocycles. The number of piperazine rings is 1. The Balaban J connectivity index is 1.46. The summed E-state index contributed by atoms with van der Waals surface area (Å²) >= 11 is 0. The summed E-state index contributed by atoms with van der Waals surface area (Å²) in [6, 6.07) is 12.0. The summed E-state index contributed by atoms with van der Waals surface area (Å²) in [7, 11) is 1.62. The molecule has 0 unspecified atom stereocenters. The molecule has 0 amide bonds. The maximum absolute atomic E-state index is 12.7. The fourth-order valence-corrected chi connectivity index (χ4v) is 3.94. The van der Waals surface area contributed by atoms with Crippen LogP contribution in [0.5, 0.6) is 11.5 Å². The monoisotopic (exact) mass is 419 g/mol. The minimum Gasteiger partial charge on any atom is -0.507 e. The molecule has 0 bridgehead atoms. The number of alkyl halides is 3. The minimum absolute atomic E-state index is 0.266. The molecule has 0 saturated carbocycles. The van der Waals surface area contributed by atoms with Crippen LogP contribution in [0.25, 0.3) is 10.8 Å². The van der Waals surface area contributed by atoms with Crippen molar-refractivity contribution < 1.29 is 32.9 Å². The first-order valence-corrected chi connectivity index (χ1v) is 9.81. The highest BCUT2D eigenvalue weighted by Gasteiger charge is 2.33. The van der Waals surface area contributed by atoms with Crippen molar-refractivity contribution in [2.45, 2.75) is 12.7 Å². The molecule has 158 valence electrons. The van der Waals surface area contributed by atoms with Crippen LogP contribution in [0.2, 0.25) is 0 Å². The van der Waals surface area contributed by atoms with Crippen LogP contribution in [0, 0.1) is 0 Å². The van der Waals surface area contributed by atoms with Crippen LogP contribution in [0.1, 0.15) is 11.1 Å². The van der Waals surface area contributed by atoms with E-state index >= 15 is 0 Å². The Kier molecular flexibility index (Phi) is 5.42. The average molecular weight is 419 g/mol. The second-order valence-electron chi connectivity index (χ2n) is 7.52. The van der Waals surface area contributed by atoms with Gasteiger partial charge in [-0.2, -0.15) is 13.2 Å². The molecule has 1 aliphatic heterocycles. The third-order valence-electron chi connectivity index (χ3n) is 5.68. The number of quaternary nitrogens is 1. The predicted octanol–water partition coefficient (Wildman–Crippen LogP) is 2.29. The van der Waals surface area contributed by atoms with E-state index in [1.54, 1.807) is 13.2 Å². The van der Waals surface area contributed by atoms with Crippen molar-refractivity contribution in [2.24, 2.45) is 0 Å². The quantitative estimate of drug-likeness (QED) is 0.683. The molecule has 0 radical (unpaired) electrons.